The third-order valence-electron chi connectivity index (χ3n) is 2.99. The predicted molar refractivity (Wildman–Crippen MR) is 66.3 cm³/mol. The second kappa shape index (κ2) is 3.16. The summed E-state index contributed by atoms with van der Waals surface area (Å²) in [6, 6.07) is 4.37. The maximum Gasteiger partial charge on any atom is 0.0682 e. The highest BCUT2D eigenvalue weighted by molar-refractivity contribution is 5.89. The van der Waals surface area contributed by atoms with Gasteiger partial charge in [0.1, 0.15) is 0 Å². The normalized spacial score (nSPS) is 17.0. The van der Waals surface area contributed by atoms with Crippen LogP contribution in [0.1, 0.15) is 11.1 Å². The molecule has 0 aliphatic carbocycles. The van der Waals surface area contributed by atoms with E-state index in [9.17, 15) is 0 Å². The van der Waals surface area contributed by atoms with Crippen molar-refractivity contribution in [3.05, 3.63) is 35.4 Å². The molecule has 1 N–H and O–H groups in total. The minimum absolute atomic E-state index is 0.932. The van der Waals surface area contributed by atoms with Gasteiger partial charge in [0.2, 0.25) is 0 Å². The SMILES string of the molecule is CN1CC=Cc2ccc3c(c21)NCC=C3. The molecule has 0 bridgehead atoms. The topological polar surface area (TPSA) is 15.3 Å². The molecule has 15 heavy (non-hydrogen) atoms. The quantitative estimate of drug-likeness (QED) is 0.689. The zero-order valence-electron chi connectivity index (χ0n) is 8.83. The largest absolute Gasteiger partial charge is 0.379 e. The van der Waals surface area contributed by atoms with Crippen molar-refractivity contribution in [3.63, 3.8) is 0 Å². The average molecular weight is 198 g/mol. The van der Waals surface area contributed by atoms with Gasteiger partial charge in [0, 0.05) is 20.1 Å². The van der Waals surface area contributed by atoms with Crippen LogP contribution in [0.15, 0.2) is 24.3 Å². The van der Waals surface area contributed by atoms with Crippen molar-refractivity contribution in [2.75, 3.05) is 30.4 Å². The summed E-state index contributed by atoms with van der Waals surface area (Å²) in [4.78, 5) is 2.29. The van der Waals surface area contributed by atoms with Crippen LogP contribution in [0.2, 0.25) is 0 Å². The van der Waals surface area contributed by atoms with Crippen molar-refractivity contribution in [3.8, 4) is 0 Å². The standard InChI is InChI=1S/C13H14N2/c1-15-9-3-5-11-7-6-10-4-2-8-14-12(10)13(11)15/h2-7,14H,8-9H2,1H3. The Labute approximate surface area is 89.9 Å². The molecule has 1 aromatic carbocycles. The maximum atomic E-state index is 3.46. The Hall–Kier alpha value is -1.70. The highest BCUT2D eigenvalue weighted by atomic mass is 15.1. The lowest BCUT2D eigenvalue weighted by molar-refractivity contribution is 1.02. The Morgan fingerprint density at radius 1 is 1.13 bits per heavy atom. The van der Waals surface area contributed by atoms with Gasteiger partial charge in [-0.05, 0) is 11.1 Å². The minimum Gasteiger partial charge on any atom is -0.379 e. The van der Waals surface area contributed by atoms with Crippen LogP contribution in [0, 0.1) is 0 Å². The zero-order valence-corrected chi connectivity index (χ0v) is 8.83. The van der Waals surface area contributed by atoms with Gasteiger partial charge < -0.3 is 10.2 Å². The van der Waals surface area contributed by atoms with E-state index in [1.807, 2.05) is 0 Å². The van der Waals surface area contributed by atoms with Crippen molar-refractivity contribution in [2.24, 2.45) is 0 Å². The van der Waals surface area contributed by atoms with E-state index in [0.717, 1.165) is 13.1 Å². The van der Waals surface area contributed by atoms with Crippen LogP contribution >= 0.6 is 0 Å². The first-order chi connectivity index (χ1) is 7.36. The lowest BCUT2D eigenvalue weighted by Gasteiger charge is -2.29. The Morgan fingerprint density at radius 2 is 1.93 bits per heavy atom. The van der Waals surface area contributed by atoms with Gasteiger partial charge in [0.15, 0.2) is 0 Å². The molecule has 1 aromatic rings. The molecular formula is C13H14N2. The Bertz CT molecular complexity index is 458. The van der Waals surface area contributed by atoms with E-state index in [2.05, 4.69) is 53.7 Å². The fraction of sp³-hybridized carbons (Fsp3) is 0.231. The van der Waals surface area contributed by atoms with Gasteiger partial charge >= 0.3 is 0 Å². The van der Waals surface area contributed by atoms with E-state index in [4.69, 9.17) is 0 Å². The monoisotopic (exact) mass is 198 g/mol. The van der Waals surface area contributed by atoms with Gasteiger partial charge in [-0.25, -0.2) is 0 Å². The Kier molecular flexibility index (Phi) is 1.81. The third-order valence-corrected chi connectivity index (χ3v) is 2.99. The molecule has 76 valence electrons. The zero-order chi connectivity index (χ0) is 10.3. The van der Waals surface area contributed by atoms with E-state index >= 15 is 0 Å². The smallest absolute Gasteiger partial charge is 0.0682 e. The Balaban J connectivity index is 2.25. The van der Waals surface area contributed by atoms with Crippen LogP contribution in [0.5, 0.6) is 0 Å². The summed E-state index contributed by atoms with van der Waals surface area (Å²) >= 11 is 0. The van der Waals surface area contributed by atoms with E-state index in [-0.39, 0.29) is 0 Å². The Morgan fingerprint density at radius 3 is 2.87 bits per heavy atom. The fourth-order valence-electron chi connectivity index (χ4n) is 2.27. The molecule has 0 fully saturated rings. The number of fused-ring (bicyclic) bond motifs is 3. The number of rotatable bonds is 0. The lowest BCUT2D eigenvalue weighted by atomic mass is 10.00. The highest BCUT2D eigenvalue weighted by Gasteiger charge is 2.17. The second-order valence-corrected chi connectivity index (χ2v) is 4.03. The molecule has 2 heterocycles. The van der Waals surface area contributed by atoms with Crippen molar-refractivity contribution >= 4 is 23.5 Å². The van der Waals surface area contributed by atoms with Gasteiger partial charge in [-0.3, -0.25) is 0 Å². The highest BCUT2D eigenvalue weighted by Crippen LogP contribution is 2.37. The van der Waals surface area contributed by atoms with Crippen molar-refractivity contribution < 1.29 is 0 Å². The summed E-state index contributed by atoms with van der Waals surface area (Å²) in [6.45, 7) is 1.93. The van der Waals surface area contributed by atoms with Crippen molar-refractivity contribution in [1.82, 2.24) is 0 Å². The number of anilines is 2. The van der Waals surface area contributed by atoms with Gasteiger partial charge in [-0.15, -0.1) is 0 Å². The molecule has 2 aliphatic rings. The molecule has 0 spiro atoms. The summed E-state index contributed by atoms with van der Waals surface area (Å²) in [5.74, 6) is 0. The first-order valence-electron chi connectivity index (χ1n) is 5.31. The second-order valence-electron chi connectivity index (χ2n) is 4.03. The summed E-state index contributed by atoms with van der Waals surface area (Å²) in [5, 5.41) is 3.46. The molecule has 0 atom stereocenters. The molecule has 3 rings (SSSR count). The van der Waals surface area contributed by atoms with E-state index < -0.39 is 0 Å². The van der Waals surface area contributed by atoms with Crippen molar-refractivity contribution in [1.29, 1.82) is 0 Å². The third kappa shape index (κ3) is 1.25. The van der Waals surface area contributed by atoms with Crippen LogP contribution in [0.25, 0.3) is 12.2 Å². The average Bonchev–Trinajstić information content (AvgIpc) is 2.29. The maximum absolute atomic E-state index is 3.46. The minimum atomic E-state index is 0.932. The first-order valence-corrected chi connectivity index (χ1v) is 5.31. The first kappa shape index (κ1) is 8.60. The van der Waals surface area contributed by atoms with Gasteiger partial charge in [-0.2, -0.15) is 0 Å². The van der Waals surface area contributed by atoms with Crippen LogP contribution < -0.4 is 10.2 Å². The van der Waals surface area contributed by atoms with Gasteiger partial charge in [0.05, 0.1) is 11.4 Å². The number of hydrogen-bond donors (Lipinski definition) is 1. The van der Waals surface area contributed by atoms with Crippen molar-refractivity contribution in [2.45, 2.75) is 0 Å². The number of hydrogen-bond acceptors (Lipinski definition) is 2. The molecule has 0 saturated carbocycles. The summed E-state index contributed by atoms with van der Waals surface area (Å²) in [7, 11) is 2.14. The molecule has 0 unspecified atom stereocenters. The van der Waals surface area contributed by atoms with Gasteiger partial charge in [-0.1, -0.05) is 36.4 Å². The number of benzene rings is 1. The summed E-state index contributed by atoms with van der Waals surface area (Å²) < 4.78 is 0. The van der Waals surface area contributed by atoms with E-state index in [1.54, 1.807) is 0 Å². The molecule has 0 saturated heterocycles. The van der Waals surface area contributed by atoms with Crippen LogP contribution in [0.4, 0.5) is 11.4 Å². The molecule has 2 nitrogen and oxygen atoms in total. The van der Waals surface area contributed by atoms with E-state index in [1.165, 1.54) is 22.5 Å². The molecule has 2 aliphatic heterocycles. The number of nitrogens with zero attached hydrogens (tertiary/aromatic N) is 1. The summed E-state index contributed by atoms with van der Waals surface area (Å²) in [5.41, 5.74) is 5.22. The molecule has 0 amide bonds. The van der Waals surface area contributed by atoms with Gasteiger partial charge in [0.25, 0.3) is 0 Å². The van der Waals surface area contributed by atoms with Crippen LogP contribution in [0.3, 0.4) is 0 Å². The number of likely N-dealkylation sites (N-methyl/N-ethyl adjacent to an activating group) is 1. The van der Waals surface area contributed by atoms with Crippen LogP contribution in [-0.2, 0) is 0 Å². The molecule has 0 aromatic heterocycles. The summed E-state index contributed by atoms with van der Waals surface area (Å²) in [6.07, 6.45) is 8.76. The number of nitrogens with one attached hydrogen (secondary N) is 1. The molecule has 0 radical (unpaired) electrons. The molecular weight excluding hydrogens is 184 g/mol. The predicted octanol–water partition coefficient (Wildman–Crippen LogP) is 2.59. The fourth-order valence-corrected chi connectivity index (χ4v) is 2.27. The van der Waals surface area contributed by atoms with Crippen LogP contribution in [-0.4, -0.2) is 20.1 Å². The lowest BCUT2D eigenvalue weighted by Crippen LogP contribution is -2.23. The van der Waals surface area contributed by atoms with E-state index in [0.29, 0.717) is 0 Å². The molecule has 2 heteroatoms.